The number of carbonyl (C=O) groups is 1. The minimum atomic E-state index is -0.0408. The predicted octanol–water partition coefficient (Wildman–Crippen LogP) is 2.90. The molecular weight excluding hydrogens is 240 g/mol. The van der Waals surface area contributed by atoms with Gasteiger partial charge in [0.1, 0.15) is 5.82 Å². The van der Waals surface area contributed by atoms with E-state index in [0.29, 0.717) is 5.76 Å². The summed E-state index contributed by atoms with van der Waals surface area (Å²) in [7, 11) is 1.92. The third-order valence-corrected chi connectivity index (χ3v) is 3.31. The van der Waals surface area contributed by atoms with Crippen molar-refractivity contribution in [1.29, 1.82) is 0 Å². The summed E-state index contributed by atoms with van der Waals surface area (Å²) in [4.78, 5) is 16.7. The van der Waals surface area contributed by atoms with Crippen molar-refractivity contribution in [2.75, 3.05) is 0 Å². The predicted molar refractivity (Wildman–Crippen MR) is 72.2 cm³/mol. The van der Waals surface area contributed by atoms with E-state index in [1.165, 1.54) is 6.26 Å². The maximum absolute atomic E-state index is 12.2. The molecule has 3 aromatic rings. The van der Waals surface area contributed by atoms with Crippen LogP contribution in [-0.4, -0.2) is 15.3 Å². The molecule has 0 atom stereocenters. The molecule has 2 aromatic heterocycles. The van der Waals surface area contributed by atoms with E-state index in [-0.39, 0.29) is 12.2 Å². The van der Waals surface area contributed by atoms with E-state index in [1.54, 1.807) is 6.07 Å². The number of rotatable bonds is 3. The van der Waals surface area contributed by atoms with Gasteiger partial charge in [-0.3, -0.25) is 4.79 Å². The zero-order chi connectivity index (χ0) is 13.4. The van der Waals surface area contributed by atoms with Crippen molar-refractivity contribution < 1.29 is 9.21 Å². The number of imidazole rings is 1. The van der Waals surface area contributed by atoms with Crippen LogP contribution in [0.4, 0.5) is 0 Å². The number of hydrogen-bond donors (Lipinski definition) is 0. The summed E-state index contributed by atoms with van der Waals surface area (Å²) >= 11 is 0. The minimum Gasteiger partial charge on any atom is -0.461 e. The number of carbonyl (C=O) groups excluding carboxylic acids is 1. The van der Waals surface area contributed by atoms with Crippen LogP contribution in [0.2, 0.25) is 0 Å². The van der Waals surface area contributed by atoms with Gasteiger partial charge in [-0.2, -0.15) is 0 Å². The fourth-order valence-corrected chi connectivity index (χ4v) is 2.24. The lowest BCUT2D eigenvalue weighted by Gasteiger charge is -2.01. The number of fused-ring (bicyclic) bond motifs is 1. The lowest BCUT2D eigenvalue weighted by atomic mass is 10.1. The number of ketones is 1. The molecule has 19 heavy (non-hydrogen) atoms. The molecule has 4 heteroatoms. The number of para-hydroxylation sites is 2. The Bertz CT molecular complexity index is 752. The molecule has 1 aromatic carbocycles. The minimum absolute atomic E-state index is 0.0408. The van der Waals surface area contributed by atoms with E-state index in [1.807, 2.05) is 42.8 Å². The van der Waals surface area contributed by atoms with Crippen LogP contribution in [0.1, 0.15) is 21.9 Å². The molecule has 0 aliphatic carbocycles. The highest BCUT2D eigenvalue weighted by Crippen LogP contribution is 2.17. The van der Waals surface area contributed by atoms with Gasteiger partial charge >= 0.3 is 0 Å². The van der Waals surface area contributed by atoms with Gasteiger partial charge in [-0.05, 0) is 30.7 Å². The van der Waals surface area contributed by atoms with E-state index < -0.39 is 0 Å². The van der Waals surface area contributed by atoms with Gasteiger partial charge in [-0.1, -0.05) is 12.1 Å². The largest absolute Gasteiger partial charge is 0.461 e. The van der Waals surface area contributed by atoms with Crippen molar-refractivity contribution in [2.24, 2.45) is 7.05 Å². The first-order valence-electron chi connectivity index (χ1n) is 6.14. The third kappa shape index (κ3) is 1.95. The number of Topliss-reactive ketones (excluding diaryl/α,β-unsaturated/α-hetero) is 1. The zero-order valence-electron chi connectivity index (χ0n) is 10.9. The Morgan fingerprint density at radius 2 is 2.11 bits per heavy atom. The van der Waals surface area contributed by atoms with Gasteiger partial charge < -0.3 is 8.98 Å². The smallest absolute Gasteiger partial charge is 0.205 e. The fourth-order valence-electron chi connectivity index (χ4n) is 2.24. The first-order chi connectivity index (χ1) is 9.16. The molecule has 96 valence electrons. The number of furan rings is 1. The lowest BCUT2D eigenvalue weighted by molar-refractivity contribution is 0.0962. The molecular formula is C15H14N2O2. The molecule has 3 rings (SSSR count). The maximum Gasteiger partial charge on any atom is 0.205 e. The summed E-state index contributed by atoms with van der Waals surface area (Å²) < 4.78 is 7.18. The van der Waals surface area contributed by atoms with E-state index in [4.69, 9.17) is 4.42 Å². The van der Waals surface area contributed by atoms with Crippen molar-refractivity contribution in [2.45, 2.75) is 13.3 Å². The molecule has 0 aliphatic heterocycles. The fraction of sp³-hybridized carbons (Fsp3) is 0.200. The number of aromatic nitrogens is 2. The topological polar surface area (TPSA) is 48.0 Å². The van der Waals surface area contributed by atoms with Crippen LogP contribution in [0.5, 0.6) is 0 Å². The van der Waals surface area contributed by atoms with Gasteiger partial charge in [-0.15, -0.1) is 0 Å². The Balaban J connectivity index is 1.96. The molecule has 4 nitrogen and oxygen atoms in total. The van der Waals surface area contributed by atoms with Gasteiger partial charge in [0.15, 0.2) is 5.76 Å². The Labute approximate surface area is 110 Å². The van der Waals surface area contributed by atoms with Crippen molar-refractivity contribution >= 4 is 16.8 Å². The lowest BCUT2D eigenvalue weighted by Crippen LogP contribution is -2.08. The quantitative estimate of drug-likeness (QED) is 0.675. The second-order valence-electron chi connectivity index (χ2n) is 4.61. The van der Waals surface area contributed by atoms with E-state index in [0.717, 1.165) is 22.4 Å². The molecule has 0 amide bonds. The van der Waals surface area contributed by atoms with Crippen LogP contribution < -0.4 is 0 Å². The second-order valence-corrected chi connectivity index (χ2v) is 4.61. The van der Waals surface area contributed by atoms with Gasteiger partial charge in [0.25, 0.3) is 0 Å². The number of benzene rings is 1. The normalized spacial score (nSPS) is 11.1. The number of aryl methyl sites for hydroxylation is 2. The molecule has 0 radical (unpaired) electrons. The standard InChI is InChI=1S/C15H14N2O2/c1-10-7-8-19-15(10)13(18)9-14-16-11-5-3-4-6-12(11)17(14)2/h3-8H,9H2,1-2H3. The van der Waals surface area contributed by atoms with E-state index >= 15 is 0 Å². The van der Waals surface area contributed by atoms with E-state index in [2.05, 4.69) is 4.98 Å². The number of nitrogens with zero attached hydrogens (tertiary/aromatic N) is 2. The molecule has 0 aliphatic rings. The Morgan fingerprint density at radius 3 is 2.79 bits per heavy atom. The molecule has 0 N–H and O–H groups in total. The van der Waals surface area contributed by atoms with Gasteiger partial charge in [0.2, 0.25) is 5.78 Å². The summed E-state index contributed by atoms with van der Waals surface area (Å²) in [5, 5.41) is 0. The summed E-state index contributed by atoms with van der Waals surface area (Å²) in [6, 6.07) is 9.64. The molecule has 0 bridgehead atoms. The third-order valence-electron chi connectivity index (χ3n) is 3.31. The van der Waals surface area contributed by atoms with Crippen LogP contribution in [0.3, 0.4) is 0 Å². The highest BCUT2D eigenvalue weighted by molar-refractivity contribution is 5.96. The molecule has 0 saturated heterocycles. The summed E-state index contributed by atoms with van der Waals surface area (Å²) in [6.45, 7) is 1.87. The highest BCUT2D eigenvalue weighted by Gasteiger charge is 2.17. The van der Waals surface area contributed by atoms with Crippen LogP contribution in [0.25, 0.3) is 11.0 Å². The summed E-state index contributed by atoms with van der Waals surface area (Å²) in [6.07, 6.45) is 1.79. The maximum atomic E-state index is 12.2. The van der Waals surface area contributed by atoms with Gasteiger partial charge in [0, 0.05) is 7.05 Å². The molecule has 0 spiro atoms. The zero-order valence-corrected chi connectivity index (χ0v) is 10.9. The van der Waals surface area contributed by atoms with Crippen molar-refractivity contribution in [3.05, 3.63) is 53.7 Å². The average Bonchev–Trinajstić information content (AvgIpc) is 2.95. The Kier molecular flexibility index (Phi) is 2.71. The van der Waals surface area contributed by atoms with Gasteiger partial charge in [-0.25, -0.2) is 4.98 Å². The van der Waals surface area contributed by atoms with Crippen LogP contribution >= 0.6 is 0 Å². The molecule has 0 unspecified atom stereocenters. The summed E-state index contributed by atoms with van der Waals surface area (Å²) in [5.74, 6) is 1.13. The molecule has 0 saturated carbocycles. The van der Waals surface area contributed by atoms with Gasteiger partial charge in [0.05, 0.1) is 23.7 Å². The monoisotopic (exact) mass is 254 g/mol. The molecule has 0 fully saturated rings. The highest BCUT2D eigenvalue weighted by atomic mass is 16.3. The SMILES string of the molecule is Cc1ccoc1C(=O)Cc1nc2ccccc2n1C. The Morgan fingerprint density at radius 1 is 1.32 bits per heavy atom. The average molecular weight is 254 g/mol. The van der Waals surface area contributed by atoms with Crippen LogP contribution in [0.15, 0.2) is 41.0 Å². The second kappa shape index (κ2) is 4.39. The van der Waals surface area contributed by atoms with Crippen LogP contribution in [-0.2, 0) is 13.5 Å². The molecule has 2 heterocycles. The Hall–Kier alpha value is -2.36. The first kappa shape index (κ1) is 11.7. The van der Waals surface area contributed by atoms with Crippen molar-refractivity contribution in [3.8, 4) is 0 Å². The van der Waals surface area contributed by atoms with E-state index in [9.17, 15) is 4.79 Å². The first-order valence-corrected chi connectivity index (χ1v) is 6.14. The van der Waals surface area contributed by atoms with Crippen LogP contribution in [0, 0.1) is 6.92 Å². The van der Waals surface area contributed by atoms with Crippen molar-refractivity contribution in [3.63, 3.8) is 0 Å². The number of hydrogen-bond acceptors (Lipinski definition) is 3. The summed E-state index contributed by atoms with van der Waals surface area (Å²) in [5.41, 5.74) is 2.80. The van der Waals surface area contributed by atoms with Crippen molar-refractivity contribution in [1.82, 2.24) is 9.55 Å².